The number of amides is 1. The highest BCUT2D eigenvalue weighted by atomic mass is 35.5. The van der Waals surface area contributed by atoms with E-state index >= 15 is 0 Å². The molecule has 1 heterocycles. The number of hydrogen-bond acceptors (Lipinski definition) is 2. The van der Waals surface area contributed by atoms with E-state index < -0.39 is 0 Å². The van der Waals surface area contributed by atoms with Crippen LogP contribution in [0.15, 0.2) is 54.7 Å². The van der Waals surface area contributed by atoms with Crippen LogP contribution in [-0.2, 0) is 16.0 Å². The second-order valence-corrected chi connectivity index (χ2v) is 7.14. The van der Waals surface area contributed by atoms with Crippen molar-refractivity contribution in [1.29, 1.82) is 0 Å². The zero-order valence-corrected chi connectivity index (χ0v) is 16.3. The van der Waals surface area contributed by atoms with Gasteiger partial charge in [-0.3, -0.25) is 4.79 Å². The summed E-state index contributed by atoms with van der Waals surface area (Å²) in [6.07, 6.45) is 4.26. The van der Waals surface area contributed by atoms with Crippen LogP contribution in [0.3, 0.4) is 0 Å². The molecule has 0 fully saturated rings. The first-order valence-electron chi connectivity index (χ1n) is 9.23. The summed E-state index contributed by atoms with van der Waals surface area (Å²) in [5.41, 5.74) is 3.46. The van der Waals surface area contributed by atoms with Crippen LogP contribution in [0.1, 0.15) is 29.9 Å². The van der Waals surface area contributed by atoms with Crippen LogP contribution < -0.4 is 5.32 Å². The van der Waals surface area contributed by atoms with Crippen molar-refractivity contribution in [3.8, 4) is 0 Å². The highest BCUT2D eigenvalue weighted by Crippen LogP contribution is 2.33. The van der Waals surface area contributed by atoms with Gasteiger partial charge in [0, 0.05) is 42.2 Å². The zero-order chi connectivity index (χ0) is 19.1. The number of halogens is 1. The number of benzene rings is 2. The Morgan fingerprint density at radius 3 is 2.81 bits per heavy atom. The van der Waals surface area contributed by atoms with Gasteiger partial charge >= 0.3 is 0 Å². The summed E-state index contributed by atoms with van der Waals surface area (Å²) >= 11 is 6.21. The lowest BCUT2D eigenvalue weighted by atomic mass is 9.89. The summed E-state index contributed by atoms with van der Waals surface area (Å²) in [5.74, 6) is 0.154. The van der Waals surface area contributed by atoms with Crippen molar-refractivity contribution in [2.75, 3.05) is 20.3 Å². The van der Waals surface area contributed by atoms with E-state index in [1.807, 2.05) is 42.6 Å². The quantitative estimate of drug-likeness (QED) is 0.526. The molecule has 3 aromatic rings. The monoisotopic (exact) mass is 384 g/mol. The van der Waals surface area contributed by atoms with Gasteiger partial charge in [0.2, 0.25) is 5.91 Å². The van der Waals surface area contributed by atoms with Gasteiger partial charge in [0.25, 0.3) is 0 Å². The van der Waals surface area contributed by atoms with Gasteiger partial charge in [0.1, 0.15) is 0 Å². The summed E-state index contributed by atoms with van der Waals surface area (Å²) in [6, 6.07) is 16.2. The Labute approximate surface area is 164 Å². The van der Waals surface area contributed by atoms with Crippen molar-refractivity contribution in [2.24, 2.45) is 0 Å². The van der Waals surface area contributed by atoms with Crippen molar-refractivity contribution in [3.05, 3.63) is 70.9 Å². The molecule has 1 atom stereocenters. The van der Waals surface area contributed by atoms with E-state index in [4.69, 9.17) is 16.3 Å². The number of aromatic nitrogens is 1. The maximum Gasteiger partial charge on any atom is 0.220 e. The highest BCUT2D eigenvalue weighted by molar-refractivity contribution is 6.31. The molecule has 2 N–H and O–H groups in total. The molecular formula is C22H25ClN2O2. The van der Waals surface area contributed by atoms with Gasteiger partial charge in [0.05, 0.1) is 6.61 Å². The van der Waals surface area contributed by atoms with E-state index in [1.165, 1.54) is 5.56 Å². The van der Waals surface area contributed by atoms with Gasteiger partial charge in [0.15, 0.2) is 0 Å². The fraction of sp³-hybridized carbons (Fsp3) is 0.318. The fourth-order valence-electron chi connectivity index (χ4n) is 3.39. The Morgan fingerprint density at radius 2 is 2.04 bits per heavy atom. The Morgan fingerprint density at radius 1 is 1.22 bits per heavy atom. The van der Waals surface area contributed by atoms with Crippen molar-refractivity contribution in [2.45, 2.75) is 25.2 Å². The molecule has 0 saturated heterocycles. The molecule has 27 heavy (non-hydrogen) atoms. The molecule has 0 aliphatic heterocycles. The SMILES string of the molecule is COCCNC(=O)C[C@@H](CCc1ccccc1)c1c[nH]c2ccc(Cl)cc12. The Hall–Kier alpha value is -2.30. The number of ether oxygens (including phenoxy) is 1. The molecule has 0 saturated carbocycles. The Bertz CT molecular complexity index is 876. The lowest BCUT2D eigenvalue weighted by Crippen LogP contribution is -2.28. The van der Waals surface area contributed by atoms with E-state index in [9.17, 15) is 4.79 Å². The summed E-state index contributed by atoms with van der Waals surface area (Å²) < 4.78 is 5.01. The Kier molecular flexibility index (Phi) is 6.91. The molecule has 0 aliphatic carbocycles. The summed E-state index contributed by atoms with van der Waals surface area (Å²) in [5, 5.41) is 4.73. The minimum Gasteiger partial charge on any atom is -0.383 e. The first-order valence-corrected chi connectivity index (χ1v) is 9.61. The van der Waals surface area contributed by atoms with Crippen LogP contribution in [0.5, 0.6) is 0 Å². The molecule has 0 bridgehead atoms. The van der Waals surface area contributed by atoms with Crippen molar-refractivity contribution in [1.82, 2.24) is 10.3 Å². The Balaban J connectivity index is 1.79. The van der Waals surface area contributed by atoms with E-state index in [-0.39, 0.29) is 11.8 Å². The van der Waals surface area contributed by atoms with Crippen LogP contribution in [0.4, 0.5) is 0 Å². The van der Waals surface area contributed by atoms with E-state index in [1.54, 1.807) is 7.11 Å². The predicted octanol–water partition coefficient (Wildman–Crippen LogP) is 4.69. The number of rotatable bonds is 9. The molecule has 0 unspecified atom stereocenters. The zero-order valence-electron chi connectivity index (χ0n) is 15.5. The summed E-state index contributed by atoms with van der Waals surface area (Å²) in [6.45, 7) is 1.05. The molecule has 5 heteroatoms. The first-order chi connectivity index (χ1) is 13.2. The van der Waals surface area contributed by atoms with Crippen molar-refractivity contribution >= 4 is 28.4 Å². The number of hydrogen-bond donors (Lipinski definition) is 2. The van der Waals surface area contributed by atoms with Crippen LogP contribution in [-0.4, -0.2) is 31.2 Å². The van der Waals surface area contributed by atoms with E-state index in [0.29, 0.717) is 24.6 Å². The summed E-state index contributed by atoms with van der Waals surface area (Å²) in [7, 11) is 1.63. The standard InChI is InChI=1S/C22H25ClN2O2/c1-27-12-11-24-22(26)13-17(8-7-16-5-3-2-4-6-16)20-15-25-21-10-9-18(23)14-19(20)21/h2-6,9-10,14-15,17,25H,7-8,11-13H2,1H3,(H,24,26)/t17-/m1/s1. The third kappa shape index (κ3) is 5.34. The highest BCUT2D eigenvalue weighted by Gasteiger charge is 2.19. The van der Waals surface area contributed by atoms with E-state index in [2.05, 4.69) is 22.4 Å². The largest absolute Gasteiger partial charge is 0.383 e. The average Bonchev–Trinajstić information content (AvgIpc) is 3.09. The maximum atomic E-state index is 12.4. The maximum absolute atomic E-state index is 12.4. The molecule has 0 radical (unpaired) electrons. The molecule has 4 nitrogen and oxygen atoms in total. The smallest absolute Gasteiger partial charge is 0.220 e. The number of aryl methyl sites for hydroxylation is 1. The topological polar surface area (TPSA) is 54.1 Å². The minimum absolute atomic E-state index is 0.0430. The average molecular weight is 385 g/mol. The molecule has 0 aliphatic rings. The van der Waals surface area contributed by atoms with Crippen molar-refractivity contribution < 1.29 is 9.53 Å². The fourth-order valence-corrected chi connectivity index (χ4v) is 3.57. The van der Waals surface area contributed by atoms with Gasteiger partial charge in [-0.25, -0.2) is 0 Å². The van der Waals surface area contributed by atoms with Crippen molar-refractivity contribution in [3.63, 3.8) is 0 Å². The molecular weight excluding hydrogens is 360 g/mol. The number of methoxy groups -OCH3 is 1. The molecule has 2 aromatic carbocycles. The van der Waals surface area contributed by atoms with Crippen LogP contribution >= 0.6 is 11.6 Å². The van der Waals surface area contributed by atoms with Crippen LogP contribution in [0.2, 0.25) is 5.02 Å². The van der Waals surface area contributed by atoms with Crippen LogP contribution in [0, 0.1) is 0 Å². The van der Waals surface area contributed by atoms with Gasteiger partial charge in [-0.15, -0.1) is 0 Å². The summed E-state index contributed by atoms with van der Waals surface area (Å²) in [4.78, 5) is 15.7. The number of fused-ring (bicyclic) bond motifs is 1. The minimum atomic E-state index is 0.0430. The number of carbonyl (C=O) groups excluding carboxylic acids is 1. The normalized spacial score (nSPS) is 12.2. The third-order valence-electron chi connectivity index (χ3n) is 4.80. The van der Waals surface area contributed by atoms with Gasteiger partial charge in [-0.2, -0.15) is 0 Å². The lowest BCUT2D eigenvalue weighted by molar-refractivity contribution is -0.121. The molecule has 0 spiro atoms. The van der Waals surface area contributed by atoms with E-state index in [0.717, 1.165) is 29.3 Å². The number of carbonyl (C=O) groups is 1. The first kappa shape index (κ1) is 19.5. The van der Waals surface area contributed by atoms with Gasteiger partial charge in [-0.05, 0) is 48.1 Å². The molecule has 142 valence electrons. The molecule has 1 amide bonds. The van der Waals surface area contributed by atoms with Crippen LogP contribution in [0.25, 0.3) is 10.9 Å². The number of aromatic amines is 1. The van der Waals surface area contributed by atoms with Gasteiger partial charge in [-0.1, -0.05) is 41.9 Å². The second kappa shape index (κ2) is 9.58. The van der Waals surface area contributed by atoms with Gasteiger partial charge < -0.3 is 15.0 Å². The number of H-pyrrole nitrogens is 1. The molecule has 3 rings (SSSR count). The number of nitrogens with one attached hydrogen (secondary N) is 2. The lowest BCUT2D eigenvalue weighted by Gasteiger charge is -2.17. The molecule has 1 aromatic heterocycles. The second-order valence-electron chi connectivity index (χ2n) is 6.70. The third-order valence-corrected chi connectivity index (χ3v) is 5.04. The predicted molar refractivity (Wildman–Crippen MR) is 110 cm³/mol.